The minimum atomic E-state index is -5.59. The number of hydrogen-bond donors (Lipinski definition) is 0. The molecule has 0 heterocycles. The van der Waals surface area contributed by atoms with E-state index < -0.39 is 23.2 Å². The van der Waals surface area contributed by atoms with Crippen molar-refractivity contribution in [2.24, 2.45) is 5.41 Å². The van der Waals surface area contributed by atoms with Crippen LogP contribution < -0.4 is 0 Å². The van der Waals surface area contributed by atoms with Crippen molar-refractivity contribution in [2.45, 2.75) is 45.5 Å². The smallest absolute Gasteiger partial charge is 0.226 e. The maximum atomic E-state index is 13.4. The van der Waals surface area contributed by atoms with Gasteiger partial charge in [0.2, 0.25) is 0 Å². The molecular weight excluding hydrogens is 210 g/mol. The Hall–Kier alpha value is -0.420. The summed E-state index contributed by atoms with van der Waals surface area (Å²) in [4.78, 5) is 0. The van der Waals surface area contributed by atoms with Gasteiger partial charge < -0.3 is 0 Å². The van der Waals surface area contributed by atoms with Crippen LogP contribution in [0.5, 0.6) is 0 Å². The Balaban J connectivity index is 5.54. The van der Waals surface area contributed by atoms with E-state index in [1.165, 1.54) is 0 Å². The summed E-state index contributed by atoms with van der Waals surface area (Å²) in [6, 6.07) is 0. The topological polar surface area (TPSA) is 0 Å². The summed E-state index contributed by atoms with van der Waals surface area (Å²) in [7, 11) is 0. The van der Waals surface area contributed by atoms with Crippen LogP contribution in [0.25, 0.3) is 0 Å². The standard InChI is InChI=1S/C8H12F6/c1-5(2,3)7(11,6(4,9)10)8(12,13)14/h1-4H3. The Kier molecular flexibility index (Phi) is 2.94. The van der Waals surface area contributed by atoms with Crippen LogP contribution in [0.4, 0.5) is 26.3 Å². The Morgan fingerprint density at radius 3 is 0.929 bits per heavy atom. The van der Waals surface area contributed by atoms with E-state index in [9.17, 15) is 26.3 Å². The Morgan fingerprint density at radius 2 is 0.929 bits per heavy atom. The van der Waals surface area contributed by atoms with E-state index >= 15 is 0 Å². The third-order valence-corrected chi connectivity index (χ3v) is 2.03. The van der Waals surface area contributed by atoms with E-state index in [0.717, 1.165) is 20.8 Å². The molecule has 0 amide bonds. The molecule has 14 heavy (non-hydrogen) atoms. The summed E-state index contributed by atoms with van der Waals surface area (Å²) in [5, 5.41) is 0. The Bertz CT molecular complexity index is 167. The monoisotopic (exact) mass is 222 g/mol. The molecule has 0 aliphatic rings. The van der Waals surface area contributed by atoms with Crippen LogP contribution in [0.15, 0.2) is 0 Å². The molecule has 0 rings (SSSR count). The number of halogens is 6. The van der Waals surface area contributed by atoms with Crippen molar-refractivity contribution >= 4 is 0 Å². The molecular formula is C8H12F6. The highest BCUT2D eigenvalue weighted by Gasteiger charge is 2.74. The SMILES string of the molecule is CC(C)(C)C(F)(C(C)(F)F)C(F)(F)F. The zero-order valence-corrected chi connectivity index (χ0v) is 8.27. The van der Waals surface area contributed by atoms with Crippen LogP contribution in [0.3, 0.4) is 0 Å². The van der Waals surface area contributed by atoms with Crippen molar-refractivity contribution in [3.8, 4) is 0 Å². The molecule has 0 aliphatic carbocycles. The highest BCUT2D eigenvalue weighted by molar-refractivity contribution is 5.05. The van der Waals surface area contributed by atoms with Gasteiger partial charge in [-0.1, -0.05) is 20.8 Å². The lowest BCUT2D eigenvalue weighted by Crippen LogP contribution is -2.61. The first-order valence-electron chi connectivity index (χ1n) is 3.88. The minimum absolute atomic E-state index is 0.0637. The Morgan fingerprint density at radius 1 is 0.643 bits per heavy atom. The number of alkyl halides is 6. The highest BCUT2D eigenvalue weighted by Crippen LogP contribution is 2.54. The summed E-state index contributed by atoms with van der Waals surface area (Å²) in [6.07, 6.45) is -5.59. The minimum Gasteiger partial charge on any atom is -0.226 e. The van der Waals surface area contributed by atoms with Gasteiger partial charge in [-0.15, -0.1) is 0 Å². The van der Waals surface area contributed by atoms with Crippen LogP contribution in [-0.2, 0) is 0 Å². The van der Waals surface area contributed by atoms with Gasteiger partial charge in [-0.3, -0.25) is 0 Å². The van der Waals surface area contributed by atoms with E-state index in [1.54, 1.807) is 0 Å². The first-order chi connectivity index (χ1) is 5.75. The first kappa shape index (κ1) is 13.6. The van der Waals surface area contributed by atoms with Crippen LogP contribution in [-0.4, -0.2) is 17.8 Å². The van der Waals surface area contributed by atoms with Gasteiger partial charge in [-0.25, -0.2) is 13.2 Å². The summed E-state index contributed by atoms with van der Waals surface area (Å²) < 4.78 is 75.5. The molecule has 0 saturated heterocycles. The van der Waals surface area contributed by atoms with Gasteiger partial charge in [0.25, 0.3) is 11.6 Å². The van der Waals surface area contributed by atoms with Gasteiger partial charge in [0.1, 0.15) is 0 Å². The molecule has 0 bridgehead atoms. The molecule has 0 aromatic rings. The van der Waals surface area contributed by atoms with Crippen molar-refractivity contribution < 1.29 is 26.3 Å². The molecule has 0 radical (unpaired) electrons. The van der Waals surface area contributed by atoms with E-state index in [2.05, 4.69) is 0 Å². The Labute approximate surface area is 78.3 Å². The van der Waals surface area contributed by atoms with E-state index in [1.807, 2.05) is 0 Å². The number of rotatable bonds is 1. The first-order valence-corrected chi connectivity index (χ1v) is 3.88. The van der Waals surface area contributed by atoms with Crippen molar-refractivity contribution in [3.05, 3.63) is 0 Å². The molecule has 1 atom stereocenters. The second kappa shape index (κ2) is 3.03. The van der Waals surface area contributed by atoms with E-state index in [-0.39, 0.29) is 6.92 Å². The lowest BCUT2D eigenvalue weighted by Gasteiger charge is -2.42. The summed E-state index contributed by atoms with van der Waals surface area (Å²) >= 11 is 0. The van der Waals surface area contributed by atoms with E-state index in [4.69, 9.17) is 0 Å². The van der Waals surface area contributed by atoms with Gasteiger partial charge in [-0.2, -0.15) is 13.2 Å². The second-order valence-corrected chi connectivity index (χ2v) is 4.29. The molecule has 0 fully saturated rings. The molecule has 0 spiro atoms. The average molecular weight is 222 g/mol. The molecule has 0 aromatic carbocycles. The fourth-order valence-corrected chi connectivity index (χ4v) is 1.33. The molecule has 0 saturated carbocycles. The lowest BCUT2D eigenvalue weighted by molar-refractivity contribution is -0.329. The van der Waals surface area contributed by atoms with Gasteiger partial charge >= 0.3 is 6.18 Å². The summed E-state index contributed by atoms with van der Waals surface area (Å²) in [6.45, 7) is 2.31. The lowest BCUT2D eigenvalue weighted by atomic mass is 9.73. The molecule has 0 nitrogen and oxygen atoms in total. The van der Waals surface area contributed by atoms with E-state index in [0.29, 0.717) is 0 Å². The van der Waals surface area contributed by atoms with Gasteiger partial charge in [0.15, 0.2) is 0 Å². The molecule has 86 valence electrons. The molecule has 0 aromatic heterocycles. The van der Waals surface area contributed by atoms with Gasteiger partial charge in [0, 0.05) is 12.3 Å². The van der Waals surface area contributed by atoms with Crippen molar-refractivity contribution in [3.63, 3.8) is 0 Å². The predicted octanol–water partition coefficient (Wildman–Crippen LogP) is 3.96. The third kappa shape index (κ3) is 1.83. The normalized spacial score (nSPS) is 19.3. The highest BCUT2D eigenvalue weighted by atomic mass is 19.4. The predicted molar refractivity (Wildman–Crippen MR) is 40.0 cm³/mol. The number of hydrogen-bond acceptors (Lipinski definition) is 0. The largest absolute Gasteiger partial charge is 0.429 e. The van der Waals surface area contributed by atoms with Crippen molar-refractivity contribution in [2.75, 3.05) is 0 Å². The van der Waals surface area contributed by atoms with Crippen LogP contribution in [0.1, 0.15) is 27.7 Å². The molecule has 0 aliphatic heterocycles. The van der Waals surface area contributed by atoms with Crippen LogP contribution in [0, 0.1) is 5.41 Å². The molecule has 1 unspecified atom stereocenters. The summed E-state index contributed by atoms with van der Waals surface area (Å²) in [5.41, 5.74) is -6.74. The zero-order valence-electron chi connectivity index (χ0n) is 8.27. The average Bonchev–Trinajstić information content (AvgIpc) is 1.77. The second-order valence-electron chi connectivity index (χ2n) is 4.29. The van der Waals surface area contributed by atoms with Crippen molar-refractivity contribution in [1.82, 2.24) is 0 Å². The van der Waals surface area contributed by atoms with Crippen LogP contribution >= 0.6 is 0 Å². The van der Waals surface area contributed by atoms with Gasteiger partial charge in [0.05, 0.1) is 0 Å². The quantitative estimate of drug-likeness (QED) is 0.589. The van der Waals surface area contributed by atoms with Crippen LogP contribution in [0.2, 0.25) is 0 Å². The fraction of sp³-hybridized carbons (Fsp3) is 1.00. The van der Waals surface area contributed by atoms with Crippen molar-refractivity contribution in [1.29, 1.82) is 0 Å². The summed E-state index contributed by atoms with van der Waals surface area (Å²) in [5.74, 6) is -4.47. The third-order valence-electron chi connectivity index (χ3n) is 2.03. The maximum Gasteiger partial charge on any atom is 0.429 e. The maximum absolute atomic E-state index is 13.4. The zero-order chi connectivity index (χ0) is 12.0. The molecule has 0 N–H and O–H groups in total. The van der Waals surface area contributed by atoms with Gasteiger partial charge in [-0.05, 0) is 0 Å². The fourth-order valence-electron chi connectivity index (χ4n) is 1.33. The molecule has 6 heteroatoms.